The summed E-state index contributed by atoms with van der Waals surface area (Å²) in [4.78, 5) is 2.67. The summed E-state index contributed by atoms with van der Waals surface area (Å²) in [6.07, 6.45) is 4.04. The fourth-order valence-electron chi connectivity index (χ4n) is 3.17. The highest BCUT2D eigenvalue weighted by Crippen LogP contribution is 2.37. The smallest absolute Gasteiger partial charge is 0.0409 e. The van der Waals surface area contributed by atoms with Crippen LogP contribution in [0.2, 0.25) is 5.02 Å². The van der Waals surface area contributed by atoms with Gasteiger partial charge in [0, 0.05) is 36.7 Å². The van der Waals surface area contributed by atoms with Crippen LogP contribution in [-0.2, 0) is 6.54 Å². The first-order chi connectivity index (χ1) is 9.26. The Bertz CT molecular complexity index is 431. The van der Waals surface area contributed by atoms with Gasteiger partial charge in [-0.25, -0.2) is 0 Å². The molecule has 2 unspecified atom stereocenters. The molecule has 1 aromatic carbocycles. The van der Waals surface area contributed by atoms with Crippen molar-refractivity contribution in [3.8, 4) is 0 Å². The molecule has 0 amide bonds. The van der Waals surface area contributed by atoms with Crippen LogP contribution in [0.1, 0.15) is 31.7 Å². The molecule has 2 fully saturated rings. The van der Waals surface area contributed by atoms with E-state index in [2.05, 4.69) is 35.3 Å². The third-order valence-electron chi connectivity index (χ3n) is 4.47. The topological polar surface area (TPSA) is 15.3 Å². The standard InChI is InChI=1S/C16H23ClN2/c1-2-15-11-19(16(9-18-15)13-6-7-13)10-12-4-3-5-14(17)8-12/h3-5,8,13,15-16,18H,2,6-7,9-11H2,1H3. The van der Waals surface area contributed by atoms with Gasteiger partial charge in [-0.15, -0.1) is 0 Å². The second-order valence-corrected chi connectivity index (χ2v) is 6.41. The molecule has 0 aromatic heterocycles. The molecular formula is C16H23ClN2. The molecule has 104 valence electrons. The highest BCUT2D eigenvalue weighted by Gasteiger charge is 2.38. The molecular weight excluding hydrogens is 256 g/mol. The van der Waals surface area contributed by atoms with Crippen molar-refractivity contribution in [3.05, 3.63) is 34.9 Å². The number of nitrogens with zero attached hydrogens (tertiary/aromatic N) is 1. The van der Waals surface area contributed by atoms with Crippen molar-refractivity contribution in [2.75, 3.05) is 13.1 Å². The van der Waals surface area contributed by atoms with Gasteiger partial charge in [0.2, 0.25) is 0 Å². The second kappa shape index (κ2) is 5.82. The number of rotatable bonds is 4. The van der Waals surface area contributed by atoms with Crippen molar-refractivity contribution in [2.45, 2.75) is 44.8 Å². The molecule has 2 atom stereocenters. The molecule has 1 aliphatic carbocycles. The zero-order chi connectivity index (χ0) is 13.2. The Morgan fingerprint density at radius 1 is 1.37 bits per heavy atom. The molecule has 1 aromatic rings. The van der Waals surface area contributed by atoms with Crippen molar-refractivity contribution >= 4 is 11.6 Å². The molecule has 1 aliphatic heterocycles. The predicted molar refractivity (Wildman–Crippen MR) is 80.5 cm³/mol. The van der Waals surface area contributed by atoms with Crippen molar-refractivity contribution in [2.24, 2.45) is 5.92 Å². The van der Waals surface area contributed by atoms with Gasteiger partial charge in [0.05, 0.1) is 0 Å². The monoisotopic (exact) mass is 278 g/mol. The normalized spacial score (nSPS) is 28.5. The molecule has 2 nitrogen and oxygen atoms in total. The summed E-state index contributed by atoms with van der Waals surface area (Å²) >= 11 is 6.10. The number of hydrogen-bond acceptors (Lipinski definition) is 2. The molecule has 19 heavy (non-hydrogen) atoms. The zero-order valence-corrected chi connectivity index (χ0v) is 12.4. The number of benzene rings is 1. The molecule has 3 rings (SSSR count). The van der Waals surface area contributed by atoms with E-state index < -0.39 is 0 Å². The van der Waals surface area contributed by atoms with Gasteiger partial charge in [-0.2, -0.15) is 0 Å². The van der Waals surface area contributed by atoms with Gasteiger partial charge in [0.1, 0.15) is 0 Å². The van der Waals surface area contributed by atoms with Crippen LogP contribution in [0.25, 0.3) is 0 Å². The largest absolute Gasteiger partial charge is 0.311 e. The van der Waals surface area contributed by atoms with E-state index >= 15 is 0 Å². The summed E-state index contributed by atoms with van der Waals surface area (Å²) < 4.78 is 0. The molecule has 1 saturated carbocycles. The average Bonchev–Trinajstić information content (AvgIpc) is 3.23. The number of halogens is 1. The van der Waals surface area contributed by atoms with E-state index in [1.165, 1.54) is 31.4 Å². The molecule has 0 radical (unpaired) electrons. The van der Waals surface area contributed by atoms with Crippen LogP contribution in [0.15, 0.2) is 24.3 Å². The van der Waals surface area contributed by atoms with Crippen LogP contribution < -0.4 is 5.32 Å². The van der Waals surface area contributed by atoms with Crippen molar-refractivity contribution in [1.82, 2.24) is 10.2 Å². The van der Waals surface area contributed by atoms with Crippen molar-refractivity contribution < 1.29 is 0 Å². The van der Waals surface area contributed by atoms with Crippen LogP contribution in [0, 0.1) is 5.92 Å². The molecule has 1 N–H and O–H groups in total. The molecule has 1 saturated heterocycles. The minimum absolute atomic E-state index is 0.647. The fourth-order valence-corrected chi connectivity index (χ4v) is 3.38. The number of piperazine rings is 1. The second-order valence-electron chi connectivity index (χ2n) is 5.98. The van der Waals surface area contributed by atoms with Gasteiger partial charge in [0.15, 0.2) is 0 Å². The Labute approximate surface area is 121 Å². The van der Waals surface area contributed by atoms with Gasteiger partial charge in [-0.1, -0.05) is 30.7 Å². The Hall–Kier alpha value is -0.570. The Morgan fingerprint density at radius 2 is 2.21 bits per heavy atom. The lowest BCUT2D eigenvalue weighted by Gasteiger charge is -2.40. The lowest BCUT2D eigenvalue weighted by Crippen LogP contribution is -2.56. The number of hydrogen-bond donors (Lipinski definition) is 1. The van der Waals surface area contributed by atoms with Gasteiger partial charge < -0.3 is 5.32 Å². The summed E-state index contributed by atoms with van der Waals surface area (Å²) in [6, 6.07) is 9.68. The van der Waals surface area contributed by atoms with Crippen LogP contribution in [0.5, 0.6) is 0 Å². The lowest BCUT2D eigenvalue weighted by atomic mass is 10.0. The number of nitrogens with one attached hydrogen (secondary N) is 1. The minimum atomic E-state index is 0.647. The average molecular weight is 279 g/mol. The van der Waals surface area contributed by atoms with Crippen LogP contribution in [0.3, 0.4) is 0 Å². The third-order valence-corrected chi connectivity index (χ3v) is 4.71. The van der Waals surface area contributed by atoms with E-state index in [0.717, 1.165) is 30.1 Å². The highest BCUT2D eigenvalue weighted by molar-refractivity contribution is 6.30. The highest BCUT2D eigenvalue weighted by atomic mass is 35.5. The van der Waals surface area contributed by atoms with Gasteiger partial charge in [-0.05, 0) is 42.9 Å². The third kappa shape index (κ3) is 3.31. The summed E-state index contributed by atoms with van der Waals surface area (Å²) in [5.41, 5.74) is 1.34. The predicted octanol–water partition coefficient (Wildman–Crippen LogP) is 3.30. The maximum atomic E-state index is 6.10. The fraction of sp³-hybridized carbons (Fsp3) is 0.625. The minimum Gasteiger partial charge on any atom is -0.311 e. The van der Waals surface area contributed by atoms with E-state index in [1.54, 1.807) is 0 Å². The molecule has 0 spiro atoms. The summed E-state index contributed by atoms with van der Waals surface area (Å²) in [5, 5.41) is 4.55. The maximum absolute atomic E-state index is 6.10. The Morgan fingerprint density at radius 3 is 2.89 bits per heavy atom. The van der Waals surface area contributed by atoms with Crippen molar-refractivity contribution in [3.63, 3.8) is 0 Å². The summed E-state index contributed by atoms with van der Waals surface area (Å²) in [5.74, 6) is 0.921. The summed E-state index contributed by atoms with van der Waals surface area (Å²) in [6.45, 7) is 5.64. The van der Waals surface area contributed by atoms with Gasteiger partial charge in [-0.3, -0.25) is 4.90 Å². The molecule has 0 bridgehead atoms. The Kier molecular flexibility index (Phi) is 4.11. The quantitative estimate of drug-likeness (QED) is 0.909. The lowest BCUT2D eigenvalue weighted by molar-refractivity contribution is 0.106. The molecule has 3 heteroatoms. The molecule has 1 heterocycles. The first kappa shape index (κ1) is 13.4. The zero-order valence-electron chi connectivity index (χ0n) is 11.6. The molecule has 2 aliphatic rings. The first-order valence-corrected chi connectivity index (χ1v) is 7.86. The maximum Gasteiger partial charge on any atom is 0.0409 e. The van der Waals surface area contributed by atoms with Crippen molar-refractivity contribution in [1.29, 1.82) is 0 Å². The van der Waals surface area contributed by atoms with E-state index in [-0.39, 0.29) is 0 Å². The van der Waals surface area contributed by atoms with E-state index in [1.807, 2.05) is 6.07 Å². The summed E-state index contributed by atoms with van der Waals surface area (Å²) in [7, 11) is 0. The van der Waals surface area contributed by atoms with Crippen LogP contribution >= 0.6 is 11.6 Å². The Balaban J connectivity index is 1.71. The van der Waals surface area contributed by atoms with Crippen LogP contribution in [-0.4, -0.2) is 30.1 Å². The van der Waals surface area contributed by atoms with Gasteiger partial charge >= 0.3 is 0 Å². The first-order valence-electron chi connectivity index (χ1n) is 7.48. The van der Waals surface area contributed by atoms with E-state index in [4.69, 9.17) is 11.6 Å². The van der Waals surface area contributed by atoms with Crippen LogP contribution in [0.4, 0.5) is 0 Å². The SMILES string of the molecule is CCC1CN(Cc2cccc(Cl)c2)C(C2CC2)CN1. The van der Waals surface area contributed by atoms with Gasteiger partial charge in [0.25, 0.3) is 0 Å². The van der Waals surface area contributed by atoms with E-state index in [0.29, 0.717) is 6.04 Å². The van der Waals surface area contributed by atoms with E-state index in [9.17, 15) is 0 Å².